The largest absolute Gasteiger partial charge is 0.329 e. The Hall–Kier alpha value is -1.76. The molecule has 0 atom stereocenters. The Labute approximate surface area is 96.0 Å². The van der Waals surface area contributed by atoms with Gasteiger partial charge in [0.1, 0.15) is 11.6 Å². The fourth-order valence-electron chi connectivity index (χ4n) is 0.889. The van der Waals surface area contributed by atoms with Crippen molar-refractivity contribution in [2.75, 3.05) is 5.32 Å². The van der Waals surface area contributed by atoms with Gasteiger partial charge in [-0.05, 0) is 24.4 Å². The zero-order valence-corrected chi connectivity index (χ0v) is 9.12. The molecule has 3 N–H and O–H groups in total. The summed E-state index contributed by atoms with van der Waals surface area (Å²) in [5, 5.41) is 2.46. The molecular weight excluding hydrogens is 236 g/mol. The monoisotopic (exact) mass is 245 g/mol. The maximum Gasteiger partial charge on any atom is 0.235 e. The average molecular weight is 245 g/mol. The summed E-state index contributed by atoms with van der Waals surface area (Å²) < 4.78 is 25.7. The first-order valence-corrected chi connectivity index (χ1v) is 4.68. The minimum atomic E-state index is -0.771. The van der Waals surface area contributed by atoms with Crippen LogP contribution in [0.1, 0.15) is 6.92 Å². The van der Waals surface area contributed by atoms with Crippen molar-refractivity contribution in [3.63, 3.8) is 0 Å². The summed E-state index contributed by atoms with van der Waals surface area (Å²) >= 11 is 4.75. The van der Waals surface area contributed by atoms with Crippen molar-refractivity contribution in [3.8, 4) is 0 Å². The molecule has 0 bridgehead atoms. The van der Waals surface area contributed by atoms with Crippen LogP contribution in [0.25, 0.3) is 0 Å². The van der Waals surface area contributed by atoms with Gasteiger partial charge in [-0.1, -0.05) is 0 Å². The van der Waals surface area contributed by atoms with E-state index >= 15 is 0 Å². The van der Waals surface area contributed by atoms with Gasteiger partial charge < -0.3 is 5.32 Å². The highest BCUT2D eigenvalue weighted by atomic mass is 32.1. The maximum atomic E-state index is 13.1. The second-order valence-corrected chi connectivity index (χ2v) is 3.29. The molecule has 1 rings (SSSR count). The number of hydrogen-bond acceptors (Lipinski definition) is 2. The van der Waals surface area contributed by atoms with Crippen molar-refractivity contribution in [2.45, 2.75) is 6.92 Å². The predicted octanol–water partition coefficient (Wildman–Crippen LogP) is 1.30. The fraction of sp³-hybridized carbons (Fsp3) is 0.111. The zero-order chi connectivity index (χ0) is 12.1. The van der Waals surface area contributed by atoms with Gasteiger partial charge in [-0.2, -0.15) is 0 Å². The van der Waals surface area contributed by atoms with Gasteiger partial charge in [0, 0.05) is 13.0 Å². The van der Waals surface area contributed by atoms with Crippen LogP contribution in [0.4, 0.5) is 14.5 Å². The molecule has 0 aliphatic carbocycles. The van der Waals surface area contributed by atoms with Crippen LogP contribution in [0, 0.1) is 11.6 Å². The Kier molecular flexibility index (Phi) is 4.12. The highest BCUT2D eigenvalue weighted by Gasteiger charge is 2.05. The van der Waals surface area contributed by atoms with Crippen molar-refractivity contribution in [1.29, 1.82) is 0 Å². The normalized spacial score (nSPS) is 9.44. The third-order valence-electron chi connectivity index (χ3n) is 1.53. The number of nitrogens with one attached hydrogen (secondary N) is 3. The number of thiocarbonyl (C=S) groups is 1. The average Bonchev–Trinajstić information content (AvgIpc) is 2.19. The van der Waals surface area contributed by atoms with Gasteiger partial charge in [-0.25, -0.2) is 8.78 Å². The smallest absolute Gasteiger partial charge is 0.235 e. The molecule has 0 saturated heterocycles. The molecule has 0 fully saturated rings. The molecule has 86 valence electrons. The van der Waals surface area contributed by atoms with Crippen LogP contribution < -0.4 is 16.2 Å². The summed E-state index contributed by atoms with van der Waals surface area (Å²) in [5.41, 5.74) is 4.56. The van der Waals surface area contributed by atoms with E-state index in [9.17, 15) is 13.6 Å². The molecule has 16 heavy (non-hydrogen) atoms. The molecule has 0 heterocycles. The third-order valence-corrected chi connectivity index (χ3v) is 1.74. The fourth-order valence-corrected chi connectivity index (χ4v) is 1.05. The van der Waals surface area contributed by atoms with Crippen LogP contribution in [0.2, 0.25) is 0 Å². The second-order valence-electron chi connectivity index (χ2n) is 2.88. The molecule has 1 amide bonds. The van der Waals surface area contributed by atoms with Crippen molar-refractivity contribution >= 4 is 28.9 Å². The summed E-state index contributed by atoms with van der Waals surface area (Å²) in [6.45, 7) is 1.29. The molecule has 0 aromatic heterocycles. The van der Waals surface area contributed by atoms with Crippen LogP contribution in [-0.2, 0) is 4.79 Å². The van der Waals surface area contributed by atoms with E-state index in [1.165, 1.54) is 13.0 Å². The summed E-state index contributed by atoms with van der Waals surface area (Å²) in [5.74, 6) is -1.79. The number of amides is 1. The first kappa shape index (κ1) is 12.3. The SMILES string of the molecule is CC(=O)NNC(=S)Nc1ccc(F)cc1F. The second kappa shape index (κ2) is 5.36. The van der Waals surface area contributed by atoms with E-state index in [1.807, 2.05) is 0 Å². The number of halogens is 2. The Morgan fingerprint density at radius 2 is 2.00 bits per heavy atom. The molecule has 1 aromatic carbocycles. The van der Waals surface area contributed by atoms with Crippen LogP contribution >= 0.6 is 12.2 Å². The lowest BCUT2D eigenvalue weighted by atomic mass is 10.3. The number of benzene rings is 1. The van der Waals surface area contributed by atoms with Crippen LogP contribution in [0.5, 0.6) is 0 Å². The number of carbonyl (C=O) groups excluding carboxylic acids is 1. The first-order valence-electron chi connectivity index (χ1n) is 4.27. The molecule has 0 aliphatic rings. The van der Waals surface area contributed by atoms with E-state index in [4.69, 9.17) is 12.2 Å². The molecule has 0 spiro atoms. The van der Waals surface area contributed by atoms with Gasteiger partial charge in [-0.15, -0.1) is 0 Å². The van der Waals surface area contributed by atoms with Crippen molar-refractivity contribution in [1.82, 2.24) is 10.9 Å². The molecule has 0 aliphatic heterocycles. The van der Waals surface area contributed by atoms with Crippen molar-refractivity contribution < 1.29 is 13.6 Å². The number of carbonyl (C=O) groups is 1. The standard InChI is InChI=1S/C9H9F2N3OS/c1-5(15)13-14-9(16)12-8-3-2-6(10)4-7(8)11/h2-4H,1H3,(H,13,15)(H2,12,14,16). The Balaban J connectivity index is 2.59. The maximum absolute atomic E-state index is 13.1. The van der Waals surface area contributed by atoms with Gasteiger partial charge in [-0.3, -0.25) is 15.6 Å². The predicted molar refractivity (Wildman–Crippen MR) is 59.5 cm³/mol. The van der Waals surface area contributed by atoms with E-state index in [-0.39, 0.29) is 16.7 Å². The van der Waals surface area contributed by atoms with Gasteiger partial charge in [0.2, 0.25) is 5.91 Å². The van der Waals surface area contributed by atoms with Gasteiger partial charge >= 0.3 is 0 Å². The minimum Gasteiger partial charge on any atom is -0.329 e. The van der Waals surface area contributed by atoms with E-state index < -0.39 is 11.6 Å². The summed E-state index contributed by atoms with van der Waals surface area (Å²) in [7, 11) is 0. The molecular formula is C9H9F2N3OS. The van der Waals surface area contributed by atoms with Gasteiger partial charge in [0.05, 0.1) is 5.69 Å². The quantitative estimate of drug-likeness (QED) is 0.515. The first-order chi connectivity index (χ1) is 7.49. The Bertz CT molecular complexity index is 425. The summed E-state index contributed by atoms with van der Waals surface area (Å²) in [6.07, 6.45) is 0. The molecule has 0 radical (unpaired) electrons. The van der Waals surface area contributed by atoms with Crippen LogP contribution in [0.15, 0.2) is 18.2 Å². The number of anilines is 1. The van der Waals surface area contributed by atoms with Crippen molar-refractivity contribution in [2.24, 2.45) is 0 Å². The zero-order valence-electron chi connectivity index (χ0n) is 8.30. The lowest BCUT2D eigenvalue weighted by molar-refractivity contribution is -0.119. The number of hydrogen-bond donors (Lipinski definition) is 3. The van der Waals surface area contributed by atoms with E-state index in [0.29, 0.717) is 0 Å². The minimum absolute atomic E-state index is 0.000656. The van der Waals surface area contributed by atoms with Crippen LogP contribution in [0.3, 0.4) is 0 Å². The summed E-state index contributed by atoms with van der Waals surface area (Å²) in [6, 6.07) is 3.02. The van der Waals surface area contributed by atoms with Crippen LogP contribution in [-0.4, -0.2) is 11.0 Å². The highest BCUT2D eigenvalue weighted by molar-refractivity contribution is 7.80. The number of hydrazine groups is 1. The van der Waals surface area contributed by atoms with E-state index in [1.54, 1.807) is 0 Å². The molecule has 1 aromatic rings. The highest BCUT2D eigenvalue weighted by Crippen LogP contribution is 2.14. The topological polar surface area (TPSA) is 53.2 Å². The molecule has 0 saturated carbocycles. The molecule has 7 heteroatoms. The Morgan fingerprint density at radius 3 is 2.56 bits per heavy atom. The number of rotatable bonds is 1. The Morgan fingerprint density at radius 1 is 1.31 bits per heavy atom. The third kappa shape index (κ3) is 3.77. The lowest BCUT2D eigenvalue weighted by Crippen LogP contribution is -2.42. The lowest BCUT2D eigenvalue weighted by Gasteiger charge is -2.10. The van der Waals surface area contributed by atoms with E-state index in [2.05, 4.69) is 16.2 Å². The van der Waals surface area contributed by atoms with Crippen molar-refractivity contribution in [3.05, 3.63) is 29.8 Å². The molecule has 4 nitrogen and oxygen atoms in total. The molecule has 0 unspecified atom stereocenters. The summed E-state index contributed by atoms with van der Waals surface area (Å²) in [4.78, 5) is 10.5. The van der Waals surface area contributed by atoms with Gasteiger partial charge in [0.15, 0.2) is 5.11 Å². The van der Waals surface area contributed by atoms with Gasteiger partial charge in [0.25, 0.3) is 0 Å². The van der Waals surface area contributed by atoms with E-state index in [0.717, 1.165) is 12.1 Å².